The lowest BCUT2D eigenvalue weighted by Gasteiger charge is -2.27. The molecule has 1 atom stereocenters. The first-order chi connectivity index (χ1) is 12.0. The second-order valence-corrected chi connectivity index (χ2v) is 7.96. The Hall–Kier alpha value is -1.44. The Morgan fingerprint density at radius 3 is 2.96 bits per heavy atom. The number of ether oxygens (including phenoxy) is 2. The Labute approximate surface area is 152 Å². The number of amides is 2. The summed E-state index contributed by atoms with van der Waals surface area (Å²) in [6.45, 7) is 2.64. The first kappa shape index (κ1) is 18.4. The summed E-state index contributed by atoms with van der Waals surface area (Å²) in [5, 5.41) is 0. The third-order valence-corrected chi connectivity index (χ3v) is 5.86. The van der Waals surface area contributed by atoms with Gasteiger partial charge < -0.3 is 19.3 Å². The molecule has 2 aliphatic rings. The lowest BCUT2D eigenvalue weighted by molar-refractivity contribution is -0.139. The minimum Gasteiger partial charge on any atom is -0.376 e. The van der Waals surface area contributed by atoms with E-state index in [0.29, 0.717) is 19.7 Å². The molecule has 7 heteroatoms. The van der Waals surface area contributed by atoms with Crippen LogP contribution in [0.3, 0.4) is 0 Å². The smallest absolute Gasteiger partial charge is 0.263 e. The zero-order chi connectivity index (χ0) is 17.8. The van der Waals surface area contributed by atoms with E-state index in [2.05, 4.69) is 0 Å². The van der Waals surface area contributed by atoms with Crippen molar-refractivity contribution >= 4 is 23.2 Å². The number of nitrogens with zero attached hydrogens (tertiary/aromatic N) is 2. The first-order valence-electron chi connectivity index (χ1n) is 8.85. The maximum Gasteiger partial charge on any atom is 0.263 e. The predicted molar refractivity (Wildman–Crippen MR) is 95.9 cm³/mol. The van der Waals surface area contributed by atoms with Crippen molar-refractivity contribution in [2.24, 2.45) is 0 Å². The fourth-order valence-electron chi connectivity index (χ4n) is 3.18. The molecule has 0 N–H and O–H groups in total. The molecule has 0 aromatic carbocycles. The molecule has 0 spiro atoms. The van der Waals surface area contributed by atoms with E-state index < -0.39 is 0 Å². The van der Waals surface area contributed by atoms with Crippen LogP contribution in [0.5, 0.6) is 0 Å². The fraction of sp³-hybridized carbons (Fsp3) is 0.667. The molecule has 1 fully saturated rings. The minimum atomic E-state index is 0.00754. The molecule has 0 unspecified atom stereocenters. The van der Waals surface area contributed by atoms with Gasteiger partial charge in [0.05, 0.1) is 17.6 Å². The van der Waals surface area contributed by atoms with E-state index in [1.54, 1.807) is 30.3 Å². The molecule has 0 radical (unpaired) electrons. The summed E-state index contributed by atoms with van der Waals surface area (Å²) in [5.74, 6) is 0.0289. The standard InChI is InChI=1S/C18H26N2O4S/c1-19(2)18(22)16-9-13-10-20(7-6-15(13)25-16)17(21)12-23-11-14-5-3-4-8-24-14/h9,14H,3-8,10-12H2,1-2H3/t14-/m1/s1. The van der Waals surface area contributed by atoms with Crippen LogP contribution in [0.2, 0.25) is 0 Å². The van der Waals surface area contributed by atoms with Gasteiger partial charge in [-0.25, -0.2) is 0 Å². The highest BCUT2D eigenvalue weighted by Crippen LogP contribution is 2.28. The van der Waals surface area contributed by atoms with Gasteiger partial charge in [0.2, 0.25) is 5.91 Å². The molecule has 2 aliphatic heterocycles. The summed E-state index contributed by atoms with van der Waals surface area (Å²) in [4.78, 5) is 29.8. The number of hydrogen-bond donors (Lipinski definition) is 0. The first-order valence-corrected chi connectivity index (χ1v) is 9.66. The molecule has 138 valence electrons. The zero-order valence-electron chi connectivity index (χ0n) is 15.0. The Balaban J connectivity index is 1.49. The van der Waals surface area contributed by atoms with E-state index in [1.165, 1.54) is 11.3 Å². The highest BCUT2D eigenvalue weighted by Gasteiger charge is 2.25. The van der Waals surface area contributed by atoms with E-state index in [9.17, 15) is 9.59 Å². The maximum absolute atomic E-state index is 12.4. The zero-order valence-corrected chi connectivity index (χ0v) is 15.8. The third kappa shape index (κ3) is 4.59. The Morgan fingerprint density at radius 1 is 1.40 bits per heavy atom. The van der Waals surface area contributed by atoms with E-state index in [1.807, 2.05) is 11.0 Å². The highest BCUT2D eigenvalue weighted by atomic mass is 32.1. The topological polar surface area (TPSA) is 59.1 Å². The SMILES string of the molecule is CN(C)C(=O)c1cc2c(s1)CCN(C(=O)COC[C@H]1CCCCO1)C2. The van der Waals surface area contributed by atoms with Gasteiger partial charge in [-0.15, -0.1) is 11.3 Å². The summed E-state index contributed by atoms with van der Waals surface area (Å²) < 4.78 is 11.2. The van der Waals surface area contributed by atoms with Gasteiger partial charge in [-0.1, -0.05) is 0 Å². The van der Waals surface area contributed by atoms with Gasteiger partial charge >= 0.3 is 0 Å². The van der Waals surface area contributed by atoms with Crippen molar-refractivity contribution in [1.82, 2.24) is 9.80 Å². The van der Waals surface area contributed by atoms with Gasteiger partial charge in [-0.3, -0.25) is 9.59 Å². The second-order valence-electron chi connectivity index (χ2n) is 6.83. The number of rotatable bonds is 5. The summed E-state index contributed by atoms with van der Waals surface area (Å²) in [6, 6.07) is 1.93. The van der Waals surface area contributed by atoms with Crippen molar-refractivity contribution in [2.75, 3.05) is 40.5 Å². The van der Waals surface area contributed by atoms with Gasteiger partial charge in [-0.05, 0) is 37.3 Å². The van der Waals surface area contributed by atoms with Crippen molar-refractivity contribution in [2.45, 2.75) is 38.3 Å². The molecule has 6 nitrogen and oxygen atoms in total. The third-order valence-electron chi connectivity index (χ3n) is 4.64. The molecule has 1 saturated heterocycles. The fourth-order valence-corrected chi connectivity index (χ4v) is 4.36. The van der Waals surface area contributed by atoms with Gasteiger partial charge in [0.25, 0.3) is 5.91 Å². The molecule has 3 rings (SSSR count). The number of fused-ring (bicyclic) bond motifs is 1. The minimum absolute atomic E-state index is 0.00754. The summed E-state index contributed by atoms with van der Waals surface area (Å²) in [5.41, 5.74) is 1.09. The number of carbonyl (C=O) groups is 2. The van der Waals surface area contributed by atoms with Crippen LogP contribution in [0, 0.1) is 0 Å². The van der Waals surface area contributed by atoms with Crippen LogP contribution in [-0.4, -0.2) is 68.2 Å². The van der Waals surface area contributed by atoms with Crippen LogP contribution >= 0.6 is 11.3 Å². The summed E-state index contributed by atoms with van der Waals surface area (Å²) >= 11 is 1.55. The monoisotopic (exact) mass is 366 g/mol. The number of carbonyl (C=O) groups excluding carboxylic acids is 2. The van der Waals surface area contributed by atoms with E-state index in [-0.39, 0.29) is 24.5 Å². The average molecular weight is 366 g/mol. The van der Waals surface area contributed by atoms with E-state index in [0.717, 1.165) is 36.3 Å². The van der Waals surface area contributed by atoms with Crippen LogP contribution in [0.4, 0.5) is 0 Å². The maximum atomic E-state index is 12.4. The van der Waals surface area contributed by atoms with Gasteiger partial charge in [0, 0.05) is 38.7 Å². The van der Waals surface area contributed by atoms with Crippen LogP contribution in [-0.2, 0) is 27.2 Å². The molecule has 1 aromatic rings. The number of thiophene rings is 1. The molecular formula is C18H26N2O4S. The normalized spacial score (nSPS) is 20.2. The van der Waals surface area contributed by atoms with Crippen molar-refractivity contribution in [1.29, 1.82) is 0 Å². The van der Waals surface area contributed by atoms with Crippen molar-refractivity contribution in [3.63, 3.8) is 0 Å². The van der Waals surface area contributed by atoms with Gasteiger partial charge in [-0.2, -0.15) is 0 Å². The lowest BCUT2D eigenvalue weighted by atomic mass is 10.1. The van der Waals surface area contributed by atoms with E-state index >= 15 is 0 Å². The molecule has 25 heavy (non-hydrogen) atoms. The Bertz CT molecular complexity index is 623. The molecular weight excluding hydrogens is 340 g/mol. The van der Waals surface area contributed by atoms with Crippen LogP contribution in [0.25, 0.3) is 0 Å². The molecule has 0 aliphatic carbocycles. The number of hydrogen-bond acceptors (Lipinski definition) is 5. The van der Waals surface area contributed by atoms with Crippen LogP contribution in [0.15, 0.2) is 6.07 Å². The Morgan fingerprint density at radius 2 is 2.24 bits per heavy atom. The van der Waals surface area contributed by atoms with Crippen molar-refractivity contribution in [3.8, 4) is 0 Å². The molecule has 2 amide bonds. The van der Waals surface area contributed by atoms with E-state index in [4.69, 9.17) is 9.47 Å². The van der Waals surface area contributed by atoms with Crippen LogP contribution in [0.1, 0.15) is 39.4 Å². The van der Waals surface area contributed by atoms with Crippen molar-refractivity contribution in [3.05, 3.63) is 21.4 Å². The summed E-state index contributed by atoms with van der Waals surface area (Å²) in [6.07, 6.45) is 4.23. The summed E-state index contributed by atoms with van der Waals surface area (Å²) in [7, 11) is 3.51. The lowest BCUT2D eigenvalue weighted by Crippen LogP contribution is -2.38. The average Bonchev–Trinajstić information content (AvgIpc) is 3.04. The van der Waals surface area contributed by atoms with Crippen molar-refractivity contribution < 1.29 is 19.1 Å². The molecule has 0 saturated carbocycles. The second kappa shape index (κ2) is 8.29. The highest BCUT2D eigenvalue weighted by molar-refractivity contribution is 7.14. The Kier molecular flexibility index (Phi) is 6.09. The largest absolute Gasteiger partial charge is 0.376 e. The van der Waals surface area contributed by atoms with Gasteiger partial charge in [0.1, 0.15) is 6.61 Å². The van der Waals surface area contributed by atoms with Gasteiger partial charge in [0.15, 0.2) is 0 Å². The van der Waals surface area contributed by atoms with Crippen LogP contribution < -0.4 is 0 Å². The quantitative estimate of drug-likeness (QED) is 0.799. The molecule has 3 heterocycles. The molecule has 0 bridgehead atoms. The predicted octanol–water partition coefficient (Wildman–Crippen LogP) is 1.92. The molecule has 1 aromatic heterocycles.